The summed E-state index contributed by atoms with van der Waals surface area (Å²) in [6.45, 7) is 0. The standard InChI is InChI=1S/C8H14N4O3S/c1-12-7(14)10-11-8(12)16-4-3-5(9)6(13)15-2/h5H,3-4,9H2,1-2H3,(H,10,14). The maximum Gasteiger partial charge on any atom is 0.343 e. The Kier molecular flexibility index (Phi) is 4.56. The number of nitrogens with one attached hydrogen (secondary N) is 1. The fraction of sp³-hybridized carbons (Fsp3) is 0.625. The van der Waals surface area contributed by atoms with Gasteiger partial charge >= 0.3 is 11.7 Å². The average Bonchev–Trinajstić information content (AvgIpc) is 2.59. The van der Waals surface area contributed by atoms with Crippen LogP contribution in [0.2, 0.25) is 0 Å². The Balaban J connectivity index is 2.39. The second kappa shape index (κ2) is 5.71. The van der Waals surface area contributed by atoms with Gasteiger partial charge in [-0.15, -0.1) is 5.10 Å². The van der Waals surface area contributed by atoms with Gasteiger partial charge in [0.05, 0.1) is 7.11 Å². The summed E-state index contributed by atoms with van der Waals surface area (Å²) in [5.41, 5.74) is 5.29. The number of rotatable bonds is 5. The number of methoxy groups -OCH3 is 1. The van der Waals surface area contributed by atoms with Crippen molar-refractivity contribution < 1.29 is 9.53 Å². The molecule has 0 saturated carbocycles. The van der Waals surface area contributed by atoms with E-state index in [2.05, 4.69) is 14.9 Å². The van der Waals surface area contributed by atoms with Crippen LogP contribution < -0.4 is 11.4 Å². The van der Waals surface area contributed by atoms with Gasteiger partial charge in [0.2, 0.25) is 0 Å². The number of aromatic nitrogens is 3. The molecule has 0 spiro atoms. The molecular formula is C8H14N4O3S. The van der Waals surface area contributed by atoms with Gasteiger partial charge in [-0.05, 0) is 6.42 Å². The van der Waals surface area contributed by atoms with Crippen molar-refractivity contribution in [3.63, 3.8) is 0 Å². The summed E-state index contributed by atoms with van der Waals surface area (Å²) in [5.74, 6) is 0.158. The van der Waals surface area contributed by atoms with Crippen molar-refractivity contribution in [2.75, 3.05) is 12.9 Å². The van der Waals surface area contributed by atoms with E-state index in [9.17, 15) is 9.59 Å². The van der Waals surface area contributed by atoms with E-state index in [0.29, 0.717) is 17.3 Å². The smallest absolute Gasteiger partial charge is 0.343 e. The monoisotopic (exact) mass is 246 g/mol. The van der Waals surface area contributed by atoms with Crippen molar-refractivity contribution in [3.8, 4) is 0 Å². The van der Waals surface area contributed by atoms with Crippen LogP contribution in [0, 0.1) is 0 Å². The largest absolute Gasteiger partial charge is 0.468 e. The number of esters is 1. The van der Waals surface area contributed by atoms with Crippen molar-refractivity contribution in [1.29, 1.82) is 0 Å². The summed E-state index contributed by atoms with van der Waals surface area (Å²) in [5, 5.41) is 6.70. The number of hydrogen-bond donors (Lipinski definition) is 2. The molecule has 1 aromatic heterocycles. The van der Waals surface area contributed by atoms with E-state index < -0.39 is 12.0 Å². The van der Waals surface area contributed by atoms with E-state index in [1.54, 1.807) is 7.05 Å². The summed E-state index contributed by atoms with van der Waals surface area (Å²) in [4.78, 5) is 22.0. The van der Waals surface area contributed by atoms with Gasteiger partial charge in [-0.2, -0.15) is 0 Å². The highest BCUT2D eigenvalue weighted by Gasteiger charge is 2.14. The Morgan fingerprint density at radius 3 is 2.94 bits per heavy atom. The molecule has 7 nitrogen and oxygen atoms in total. The highest BCUT2D eigenvalue weighted by Crippen LogP contribution is 2.13. The predicted molar refractivity (Wildman–Crippen MR) is 59.2 cm³/mol. The maximum atomic E-state index is 11.0. The number of carbonyl (C=O) groups excluding carboxylic acids is 1. The first kappa shape index (κ1) is 12.8. The molecule has 1 heterocycles. The fourth-order valence-corrected chi connectivity index (χ4v) is 1.95. The Hall–Kier alpha value is -1.28. The molecule has 1 rings (SSSR count). The van der Waals surface area contributed by atoms with Crippen LogP contribution in [0.15, 0.2) is 9.95 Å². The first-order chi connectivity index (χ1) is 7.56. The van der Waals surface area contributed by atoms with Crippen molar-refractivity contribution in [3.05, 3.63) is 10.5 Å². The third kappa shape index (κ3) is 3.11. The molecule has 3 N–H and O–H groups in total. The molecule has 0 aromatic carbocycles. The molecule has 0 aliphatic heterocycles. The van der Waals surface area contributed by atoms with Crippen LogP contribution >= 0.6 is 11.8 Å². The van der Waals surface area contributed by atoms with Crippen molar-refractivity contribution in [2.45, 2.75) is 17.6 Å². The van der Waals surface area contributed by atoms with Crippen LogP contribution in [0.5, 0.6) is 0 Å². The van der Waals surface area contributed by atoms with Gasteiger partial charge in [0.1, 0.15) is 6.04 Å². The van der Waals surface area contributed by atoms with Gasteiger partial charge in [0.15, 0.2) is 5.16 Å². The number of ether oxygens (including phenoxy) is 1. The molecule has 8 heteroatoms. The summed E-state index contributed by atoms with van der Waals surface area (Å²) >= 11 is 1.36. The van der Waals surface area contributed by atoms with Crippen LogP contribution in [-0.4, -0.2) is 39.6 Å². The lowest BCUT2D eigenvalue weighted by molar-refractivity contribution is -0.142. The lowest BCUT2D eigenvalue weighted by atomic mass is 10.2. The van der Waals surface area contributed by atoms with Gasteiger partial charge in [-0.25, -0.2) is 9.89 Å². The molecule has 16 heavy (non-hydrogen) atoms. The number of carbonyl (C=O) groups is 1. The zero-order chi connectivity index (χ0) is 12.1. The Morgan fingerprint density at radius 1 is 1.75 bits per heavy atom. The minimum absolute atomic E-state index is 0.264. The van der Waals surface area contributed by atoms with Gasteiger partial charge in [0.25, 0.3) is 0 Å². The summed E-state index contributed by atoms with van der Waals surface area (Å²) in [6.07, 6.45) is 0.471. The zero-order valence-corrected chi connectivity index (χ0v) is 9.91. The molecule has 1 unspecified atom stereocenters. The molecular weight excluding hydrogens is 232 g/mol. The highest BCUT2D eigenvalue weighted by molar-refractivity contribution is 7.99. The second-order valence-corrected chi connectivity index (χ2v) is 4.20. The van der Waals surface area contributed by atoms with Crippen LogP contribution in [0.3, 0.4) is 0 Å². The Labute approximate surface area is 96.3 Å². The van der Waals surface area contributed by atoms with Crippen molar-refractivity contribution in [1.82, 2.24) is 14.8 Å². The molecule has 0 amide bonds. The quantitative estimate of drug-likeness (QED) is 0.515. The number of nitrogens with two attached hydrogens (primary N) is 1. The van der Waals surface area contributed by atoms with Gasteiger partial charge in [0, 0.05) is 12.8 Å². The summed E-state index contributed by atoms with van der Waals surface area (Å²) < 4.78 is 5.89. The number of nitrogens with zero attached hydrogens (tertiary/aromatic N) is 2. The first-order valence-electron chi connectivity index (χ1n) is 4.64. The normalized spacial score (nSPS) is 12.4. The Morgan fingerprint density at radius 2 is 2.44 bits per heavy atom. The molecule has 0 bridgehead atoms. The fourth-order valence-electron chi connectivity index (χ4n) is 1.01. The first-order valence-corrected chi connectivity index (χ1v) is 5.62. The molecule has 0 fully saturated rings. The number of thioether (sulfide) groups is 1. The maximum absolute atomic E-state index is 11.0. The molecule has 0 saturated heterocycles. The second-order valence-electron chi connectivity index (χ2n) is 3.14. The zero-order valence-electron chi connectivity index (χ0n) is 9.10. The third-order valence-corrected chi connectivity index (χ3v) is 3.07. The SMILES string of the molecule is COC(=O)C(N)CCSc1n[nH]c(=O)n1C. The van der Waals surface area contributed by atoms with Crippen LogP contribution in [0.25, 0.3) is 0 Å². The lowest BCUT2D eigenvalue weighted by Crippen LogP contribution is -2.32. The predicted octanol–water partition coefficient (Wildman–Crippen LogP) is -0.909. The number of aromatic amines is 1. The van der Waals surface area contributed by atoms with E-state index in [1.807, 2.05) is 0 Å². The molecule has 1 aromatic rings. The van der Waals surface area contributed by atoms with E-state index in [0.717, 1.165) is 0 Å². The number of hydrogen-bond acceptors (Lipinski definition) is 6. The summed E-state index contributed by atoms with van der Waals surface area (Å²) in [7, 11) is 2.92. The number of H-pyrrole nitrogens is 1. The van der Waals surface area contributed by atoms with Crippen molar-refractivity contribution >= 4 is 17.7 Å². The third-order valence-electron chi connectivity index (χ3n) is 2.00. The van der Waals surface area contributed by atoms with E-state index in [1.165, 1.54) is 23.4 Å². The van der Waals surface area contributed by atoms with Gasteiger partial charge in [-0.3, -0.25) is 9.36 Å². The van der Waals surface area contributed by atoms with E-state index in [-0.39, 0.29) is 5.69 Å². The molecule has 0 radical (unpaired) electrons. The van der Waals surface area contributed by atoms with Crippen LogP contribution in [-0.2, 0) is 16.6 Å². The molecule has 0 aliphatic carbocycles. The molecule has 0 aliphatic rings. The van der Waals surface area contributed by atoms with Gasteiger partial charge < -0.3 is 10.5 Å². The van der Waals surface area contributed by atoms with E-state index in [4.69, 9.17) is 5.73 Å². The lowest BCUT2D eigenvalue weighted by Gasteiger charge is -2.07. The minimum Gasteiger partial charge on any atom is -0.468 e. The molecule has 90 valence electrons. The summed E-state index contributed by atoms with van der Waals surface area (Å²) in [6, 6.07) is -0.631. The van der Waals surface area contributed by atoms with Crippen LogP contribution in [0.1, 0.15) is 6.42 Å². The van der Waals surface area contributed by atoms with E-state index >= 15 is 0 Å². The highest BCUT2D eigenvalue weighted by atomic mass is 32.2. The van der Waals surface area contributed by atoms with Crippen LogP contribution in [0.4, 0.5) is 0 Å². The topological polar surface area (TPSA) is 103 Å². The van der Waals surface area contributed by atoms with Crippen molar-refractivity contribution in [2.24, 2.45) is 12.8 Å². The minimum atomic E-state index is -0.631. The average molecular weight is 246 g/mol. The molecule has 1 atom stereocenters. The Bertz CT molecular complexity index is 414. The van der Waals surface area contributed by atoms with Gasteiger partial charge in [-0.1, -0.05) is 11.8 Å².